The second-order valence-corrected chi connectivity index (χ2v) is 15.4. The number of hydrogen-bond donors (Lipinski definition) is 1. The molecular weight excluding hydrogens is 813 g/mol. The number of benzene rings is 2. The minimum atomic E-state index is 0. The number of hydrogen-bond acceptors (Lipinski definition) is 4. The van der Waals surface area contributed by atoms with Crippen LogP contribution in [0.4, 0.5) is 0 Å². The fourth-order valence-corrected chi connectivity index (χ4v) is 7.50. The molecule has 0 bridgehead atoms. The van der Waals surface area contributed by atoms with E-state index >= 15 is 0 Å². The van der Waals surface area contributed by atoms with Crippen molar-refractivity contribution in [1.82, 2.24) is 4.98 Å². The molecule has 4 nitrogen and oxygen atoms in total. The van der Waals surface area contributed by atoms with Crippen molar-refractivity contribution in [1.29, 1.82) is 0 Å². The number of nitrogens with zero attached hydrogens (tertiary/aromatic N) is 2. The van der Waals surface area contributed by atoms with E-state index < -0.39 is 0 Å². The largest absolute Gasteiger partial charge is 0.512 e. The number of carbonyl (C=O) groups is 1. The fraction of sp³-hybridized carbons (Fsp3) is 0.409. The average molecular weight is 868 g/mol. The molecule has 0 spiro atoms. The number of rotatable bonds is 11. The molecule has 0 saturated heterocycles. The number of allylic oxidation sites excluding steroid dienone is 2. The Labute approximate surface area is 318 Å². The van der Waals surface area contributed by atoms with Crippen molar-refractivity contribution in [3.8, 4) is 22.4 Å². The molecule has 6 heteroatoms. The van der Waals surface area contributed by atoms with E-state index in [0.717, 1.165) is 53.6 Å². The number of aliphatic hydroxyl groups excluding tert-OH is 1. The van der Waals surface area contributed by atoms with Crippen LogP contribution in [0.5, 0.6) is 0 Å². The van der Waals surface area contributed by atoms with Crippen molar-refractivity contribution in [3.05, 3.63) is 102 Å². The van der Waals surface area contributed by atoms with E-state index in [-0.39, 0.29) is 48.9 Å². The molecule has 50 heavy (non-hydrogen) atoms. The molecule has 5 rings (SSSR count). The molecule has 269 valence electrons. The molecular formula is C44H55IrN2O2S-. The summed E-state index contributed by atoms with van der Waals surface area (Å²) in [6.07, 6.45) is 9.95. The van der Waals surface area contributed by atoms with Crippen molar-refractivity contribution < 1.29 is 34.6 Å². The van der Waals surface area contributed by atoms with E-state index in [1.54, 1.807) is 11.3 Å². The third-order valence-corrected chi connectivity index (χ3v) is 10.4. The molecule has 1 N–H and O–H groups in total. The Balaban J connectivity index is 0.000000361. The number of thiophene rings is 1. The summed E-state index contributed by atoms with van der Waals surface area (Å²) < 4.78 is 1.96. The van der Waals surface area contributed by atoms with Crippen molar-refractivity contribution in [2.45, 2.75) is 99.8 Å². The molecule has 0 aliphatic rings. The summed E-state index contributed by atoms with van der Waals surface area (Å²) in [5.41, 5.74) is 7.28. The summed E-state index contributed by atoms with van der Waals surface area (Å²) in [6, 6.07) is 21.1. The van der Waals surface area contributed by atoms with Gasteiger partial charge in [-0.3, -0.25) is 4.79 Å². The number of aromatic nitrogens is 2. The fourth-order valence-electron chi connectivity index (χ4n) is 6.56. The zero-order chi connectivity index (χ0) is 35.9. The minimum absolute atomic E-state index is 0. The van der Waals surface area contributed by atoms with E-state index in [9.17, 15) is 9.90 Å². The monoisotopic (exact) mass is 868 g/mol. The molecule has 2 aromatic carbocycles. The summed E-state index contributed by atoms with van der Waals surface area (Å²) >= 11 is 1.74. The Morgan fingerprint density at radius 3 is 2.28 bits per heavy atom. The van der Waals surface area contributed by atoms with Gasteiger partial charge in [-0.15, -0.1) is 40.5 Å². The third-order valence-electron chi connectivity index (χ3n) is 9.47. The number of fused-ring (bicyclic) bond motifs is 2. The molecule has 0 unspecified atom stereocenters. The Bertz CT molecular complexity index is 1910. The number of pyridine rings is 2. The standard InChI is InChI=1S/C31H31N2S.C13H24O2.Ir/c1-20(2)15-24-19-34-30-29(24)26(11-13-32-30)22-12-14-33(6)28(18-22)23-16-21-9-7-8-10-25(21)27(17-23)31(3,4)5;1-5-10(6-2)12(14)9-13(15)11(7-3)8-4;/h7-14,17-20H,6,15H2,1-5H3;9-11,14H,5-8H2,1-4H3;/q-1;;/b;12-9-;. The first kappa shape index (κ1) is 41.1. The zero-order valence-electron chi connectivity index (χ0n) is 31.4. The topological polar surface area (TPSA) is 54.1 Å². The molecule has 0 saturated carbocycles. The predicted octanol–water partition coefficient (Wildman–Crippen LogP) is 11.9. The van der Waals surface area contributed by atoms with Gasteiger partial charge >= 0.3 is 0 Å². The summed E-state index contributed by atoms with van der Waals surface area (Å²) in [5, 5.41) is 15.7. The first-order chi connectivity index (χ1) is 23.3. The molecule has 3 aromatic heterocycles. The summed E-state index contributed by atoms with van der Waals surface area (Å²) in [6.45, 7) is 19.4. The first-order valence-electron chi connectivity index (χ1n) is 17.9. The molecule has 0 fully saturated rings. The van der Waals surface area contributed by atoms with Crippen molar-refractivity contribution in [2.75, 3.05) is 0 Å². The van der Waals surface area contributed by atoms with Gasteiger partial charge in [0.2, 0.25) is 0 Å². The van der Waals surface area contributed by atoms with Crippen molar-refractivity contribution >= 4 is 38.1 Å². The summed E-state index contributed by atoms with van der Waals surface area (Å²) in [7, 11) is 4.30. The van der Waals surface area contributed by atoms with E-state index in [4.69, 9.17) is 0 Å². The summed E-state index contributed by atoms with van der Waals surface area (Å²) in [4.78, 5) is 17.5. The van der Waals surface area contributed by atoms with E-state index in [1.165, 1.54) is 39.1 Å². The van der Waals surface area contributed by atoms with Gasteiger partial charge in [0.25, 0.3) is 0 Å². The van der Waals surface area contributed by atoms with Crippen LogP contribution in [0.3, 0.4) is 0 Å². The third kappa shape index (κ3) is 9.72. The average Bonchev–Trinajstić information content (AvgIpc) is 3.47. The molecule has 0 aliphatic heterocycles. The molecule has 1 radical (unpaired) electrons. The van der Waals surface area contributed by atoms with Crippen LogP contribution < -0.4 is 4.57 Å². The van der Waals surface area contributed by atoms with Crippen LogP contribution in [-0.4, -0.2) is 15.9 Å². The molecule has 0 atom stereocenters. The normalized spacial score (nSPS) is 12.0. The SMILES string of the molecule is CCC(CC)C(=O)/C=C(\O)C(CC)CC.[CH2-][n+]1ccc(-c2ccnc3scc(CC(C)C)c23)cc1-c1[c-]c2ccccc2c(C(C)(C)C)c1.[Ir]. The quantitative estimate of drug-likeness (QED) is 0.0623. The van der Waals surface area contributed by atoms with Crippen LogP contribution in [0.1, 0.15) is 99.1 Å². The van der Waals surface area contributed by atoms with Gasteiger partial charge in [-0.05, 0) is 83.7 Å². The van der Waals surface area contributed by atoms with Gasteiger partial charge in [0.15, 0.2) is 5.78 Å². The van der Waals surface area contributed by atoms with Crippen LogP contribution >= 0.6 is 11.3 Å². The Hall–Kier alpha value is -3.31. The van der Waals surface area contributed by atoms with Crippen molar-refractivity contribution in [3.63, 3.8) is 0 Å². The van der Waals surface area contributed by atoms with Gasteiger partial charge < -0.3 is 9.67 Å². The van der Waals surface area contributed by atoms with Gasteiger partial charge in [0.1, 0.15) is 10.5 Å². The van der Waals surface area contributed by atoms with Crippen molar-refractivity contribution in [2.24, 2.45) is 17.8 Å². The molecule has 0 amide bonds. The zero-order valence-corrected chi connectivity index (χ0v) is 34.6. The van der Waals surface area contributed by atoms with Gasteiger partial charge in [0, 0.05) is 56.6 Å². The maximum Gasteiger partial charge on any atom is 0.162 e. The van der Waals surface area contributed by atoms with Gasteiger partial charge in [-0.1, -0.05) is 91.5 Å². The second kappa shape index (κ2) is 18.3. The number of ketones is 1. The van der Waals surface area contributed by atoms with E-state index in [0.29, 0.717) is 5.92 Å². The minimum Gasteiger partial charge on any atom is -0.512 e. The number of aliphatic hydroxyl groups is 1. The van der Waals surface area contributed by atoms with Gasteiger partial charge in [-0.2, -0.15) is 0 Å². The Morgan fingerprint density at radius 1 is 1.00 bits per heavy atom. The second-order valence-electron chi connectivity index (χ2n) is 14.6. The van der Waals surface area contributed by atoms with Crippen LogP contribution in [0.2, 0.25) is 0 Å². The van der Waals surface area contributed by atoms with E-state index in [1.807, 2.05) is 38.5 Å². The molecule has 5 aromatic rings. The van der Waals surface area contributed by atoms with Crippen LogP contribution in [0.25, 0.3) is 43.4 Å². The first-order valence-corrected chi connectivity index (χ1v) is 18.8. The van der Waals surface area contributed by atoms with Gasteiger partial charge in [0.05, 0.1) is 12.0 Å². The maximum atomic E-state index is 11.7. The number of carbonyl (C=O) groups excluding carboxylic acids is 1. The summed E-state index contributed by atoms with van der Waals surface area (Å²) in [5.74, 6) is 1.15. The molecule has 0 aliphatic carbocycles. The Morgan fingerprint density at radius 2 is 1.66 bits per heavy atom. The van der Waals surface area contributed by atoms with Gasteiger partial charge in [-0.25, -0.2) is 4.98 Å². The van der Waals surface area contributed by atoms with Crippen LogP contribution in [-0.2, 0) is 36.7 Å². The molecule has 3 heterocycles. The smallest absolute Gasteiger partial charge is 0.162 e. The maximum absolute atomic E-state index is 11.7. The van der Waals surface area contributed by atoms with Crippen LogP contribution in [0.15, 0.2) is 78.1 Å². The predicted molar refractivity (Wildman–Crippen MR) is 209 cm³/mol. The van der Waals surface area contributed by atoms with Crippen LogP contribution in [0, 0.1) is 30.9 Å². The van der Waals surface area contributed by atoms with E-state index in [2.05, 4.69) is 113 Å². The Kier molecular flexibility index (Phi) is 15.0.